The molecule has 2 aromatic heterocycles. The van der Waals surface area contributed by atoms with Gasteiger partial charge in [-0.2, -0.15) is 4.72 Å². The maximum absolute atomic E-state index is 14.8. The Hall–Kier alpha value is -3.09. The van der Waals surface area contributed by atoms with Crippen molar-refractivity contribution >= 4 is 27.6 Å². The third-order valence-electron chi connectivity index (χ3n) is 5.17. The molecule has 0 spiro atoms. The first-order chi connectivity index (χ1) is 15.5. The highest BCUT2D eigenvalue weighted by Crippen LogP contribution is 2.35. The van der Waals surface area contributed by atoms with E-state index in [0.717, 1.165) is 18.7 Å². The minimum Gasteiger partial charge on any atom is -0.464 e. The summed E-state index contributed by atoms with van der Waals surface area (Å²) in [6.07, 6.45) is 0. The Morgan fingerprint density at radius 3 is 2.58 bits per heavy atom. The largest absolute Gasteiger partial charge is 0.464 e. The zero-order chi connectivity index (χ0) is 24.5. The summed E-state index contributed by atoms with van der Waals surface area (Å²) in [5, 5.41) is 5.13. The zero-order valence-electron chi connectivity index (χ0n) is 18.0. The monoisotopic (exact) mass is 498 g/mol. The van der Waals surface area contributed by atoms with Gasteiger partial charge in [0.2, 0.25) is 5.89 Å². The van der Waals surface area contributed by atoms with Crippen LogP contribution in [0.5, 0.6) is 0 Å². The van der Waals surface area contributed by atoms with Crippen LogP contribution in [0.1, 0.15) is 52.0 Å². The average molecular weight is 499 g/mol. The van der Waals surface area contributed by atoms with Gasteiger partial charge in [0, 0.05) is 5.92 Å². The predicted octanol–water partition coefficient (Wildman–Crippen LogP) is 2.78. The summed E-state index contributed by atoms with van der Waals surface area (Å²) in [5.41, 5.74) is 1.19. The molecule has 33 heavy (non-hydrogen) atoms. The highest BCUT2D eigenvalue weighted by molar-refractivity contribution is 7.89. The number of rotatable bonds is 7. The van der Waals surface area contributed by atoms with Crippen LogP contribution in [0, 0.1) is 19.7 Å². The van der Waals surface area contributed by atoms with Gasteiger partial charge in [0.15, 0.2) is 10.7 Å². The molecule has 0 amide bonds. The summed E-state index contributed by atoms with van der Waals surface area (Å²) >= 11 is 5.92. The molecule has 1 aromatic carbocycles. The molecule has 13 heteroatoms. The number of aryl methyl sites for hydroxylation is 1. The minimum absolute atomic E-state index is 0.110. The summed E-state index contributed by atoms with van der Waals surface area (Å²) < 4.78 is 53.0. The summed E-state index contributed by atoms with van der Waals surface area (Å²) in [6, 6.07) is 3.82. The van der Waals surface area contributed by atoms with E-state index in [1.54, 1.807) is 26.8 Å². The molecule has 3 aromatic rings. The Morgan fingerprint density at radius 1 is 1.27 bits per heavy atom. The van der Waals surface area contributed by atoms with Crippen molar-refractivity contribution < 1.29 is 26.8 Å². The van der Waals surface area contributed by atoms with Crippen molar-refractivity contribution in [3.63, 3.8) is 0 Å². The number of nitrogens with one attached hydrogen (secondary N) is 2. The van der Waals surface area contributed by atoms with E-state index in [2.05, 4.69) is 24.6 Å². The fraction of sp³-hybridized carbons (Fsp3) is 0.300. The summed E-state index contributed by atoms with van der Waals surface area (Å²) in [5.74, 6) is -3.58. The normalized spacial score (nSPS) is 13.5. The van der Waals surface area contributed by atoms with Gasteiger partial charge in [-0.1, -0.05) is 24.6 Å². The van der Waals surface area contributed by atoms with Crippen LogP contribution < -0.4 is 10.5 Å². The number of carbonyl (C=O) groups excluding carboxylic acids is 1. The Balaban J connectivity index is 2.10. The molecule has 0 unspecified atom stereocenters. The lowest BCUT2D eigenvalue weighted by molar-refractivity contribution is 0.0593. The van der Waals surface area contributed by atoms with Gasteiger partial charge in [-0.15, -0.1) is 5.10 Å². The van der Waals surface area contributed by atoms with Crippen molar-refractivity contribution in [2.24, 2.45) is 0 Å². The van der Waals surface area contributed by atoms with E-state index in [4.69, 9.17) is 16.0 Å². The molecule has 0 saturated carbocycles. The first-order valence-electron chi connectivity index (χ1n) is 9.54. The number of benzene rings is 1. The molecule has 0 saturated heterocycles. The minimum atomic E-state index is -4.43. The fourth-order valence-electron chi connectivity index (χ4n) is 3.31. The van der Waals surface area contributed by atoms with Gasteiger partial charge < -0.3 is 9.15 Å². The third kappa shape index (κ3) is 4.97. The van der Waals surface area contributed by atoms with Gasteiger partial charge in [0.1, 0.15) is 11.9 Å². The molecule has 0 radical (unpaired) electrons. The van der Waals surface area contributed by atoms with Gasteiger partial charge in [0.05, 0.1) is 12.1 Å². The van der Waals surface area contributed by atoms with Crippen molar-refractivity contribution in [2.45, 2.75) is 37.8 Å². The second kappa shape index (κ2) is 9.41. The first kappa shape index (κ1) is 24.6. The molecular formula is C20H20ClFN4O6S. The fourth-order valence-corrected chi connectivity index (χ4v) is 4.71. The van der Waals surface area contributed by atoms with E-state index in [1.165, 1.54) is 12.1 Å². The Bertz CT molecular complexity index is 1370. The number of ether oxygens (including phenoxy) is 1. The van der Waals surface area contributed by atoms with Crippen LogP contribution in [-0.4, -0.2) is 36.7 Å². The SMILES string of the molecule is COC(=O)c1nc(S(=O)(=O)N[C@H](c2n[nH]c(=O)o2)[C@H](C)c2c(F)ccc(C)c2C)ccc1Cl. The summed E-state index contributed by atoms with van der Waals surface area (Å²) in [4.78, 5) is 27.2. The van der Waals surface area contributed by atoms with E-state index in [-0.39, 0.29) is 16.5 Å². The van der Waals surface area contributed by atoms with Crippen LogP contribution >= 0.6 is 11.6 Å². The summed E-state index contributed by atoms with van der Waals surface area (Å²) in [6.45, 7) is 5.03. The van der Waals surface area contributed by atoms with Gasteiger partial charge in [0.25, 0.3) is 10.0 Å². The number of aromatic nitrogens is 3. The number of carbonyl (C=O) groups is 1. The molecule has 176 valence electrons. The number of esters is 1. The van der Waals surface area contributed by atoms with Crippen LogP contribution in [0.25, 0.3) is 0 Å². The van der Waals surface area contributed by atoms with Crippen molar-refractivity contribution in [1.82, 2.24) is 19.9 Å². The lowest BCUT2D eigenvalue weighted by Crippen LogP contribution is -2.33. The molecule has 0 aliphatic carbocycles. The number of halogens is 2. The van der Waals surface area contributed by atoms with Crippen LogP contribution in [0.2, 0.25) is 5.02 Å². The van der Waals surface area contributed by atoms with E-state index in [0.29, 0.717) is 5.56 Å². The number of pyridine rings is 1. The molecular weight excluding hydrogens is 479 g/mol. The molecule has 0 bridgehead atoms. The molecule has 0 aliphatic rings. The van der Waals surface area contributed by atoms with Gasteiger partial charge >= 0.3 is 11.7 Å². The van der Waals surface area contributed by atoms with E-state index >= 15 is 0 Å². The molecule has 2 atom stereocenters. The lowest BCUT2D eigenvalue weighted by Gasteiger charge is -2.24. The molecule has 3 rings (SSSR count). The number of aromatic amines is 1. The summed E-state index contributed by atoms with van der Waals surface area (Å²) in [7, 11) is -3.34. The van der Waals surface area contributed by atoms with Crippen LogP contribution in [-0.2, 0) is 14.8 Å². The van der Waals surface area contributed by atoms with Crippen LogP contribution in [0.3, 0.4) is 0 Å². The maximum Gasteiger partial charge on any atom is 0.434 e. The molecule has 10 nitrogen and oxygen atoms in total. The van der Waals surface area contributed by atoms with Crippen molar-refractivity contribution in [2.75, 3.05) is 7.11 Å². The number of sulfonamides is 1. The van der Waals surface area contributed by atoms with Gasteiger partial charge in [-0.3, -0.25) is 0 Å². The lowest BCUT2D eigenvalue weighted by atomic mass is 9.88. The first-order valence-corrected chi connectivity index (χ1v) is 11.4. The van der Waals surface area contributed by atoms with E-state index in [1.807, 2.05) is 0 Å². The zero-order valence-corrected chi connectivity index (χ0v) is 19.5. The quantitative estimate of drug-likeness (QED) is 0.473. The predicted molar refractivity (Wildman–Crippen MR) is 115 cm³/mol. The number of hydrogen-bond donors (Lipinski definition) is 2. The Labute approximate surface area is 193 Å². The highest BCUT2D eigenvalue weighted by Gasteiger charge is 2.34. The van der Waals surface area contributed by atoms with Crippen LogP contribution in [0.4, 0.5) is 4.39 Å². The van der Waals surface area contributed by atoms with Crippen molar-refractivity contribution in [3.8, 4) is 0 Å². The molecule has 2 heterocycles. The second-order valence-electron chi connectivity index (χ2n) is 7.21. The number of H-pyrrole nitrogens is 1. The molecule has 2 N–H and O–H groups in total. The van der Waals surface area contributed by atoms with Gasteiger partial charge in [-0.05, 0) is 48.7 Å². The highest BCUT2D eigenvalue weighted by atomic mass is 35.5. The molecule has 0 aliphatic heterocycles. The van der Waals surface area contributed by atoms with E-state index < -0.39 is 50.2 Å². The maximum atomic E-state index is 14.8. The third-order valence-corrected chi connectivity index (χ3v) is 6.81. The van der Waals surface area contributed by atoms with E-state index in [9.17, 15) is 22.4 Å². The molecule has 0 fully saturated rings. The van der Waals surface area contributed by atoms with Crippen molar-refractivity contribution in [1.29, 1.82) is 0 Å². The van der Waals surface area contributed by atoms with Crippen LogP contribution in [0.15, 0.2) is 38.5 Å². The smallest absolute Gasteiger partial charge is 0.434 e. The second-order valence-corrected chi connectivity index (χ2v) is 9.28. The van der Waals surface area contributed by atoms with Crippen molar-refractivity contribution in [3.05, 3.63) is 73.9 Å². The Kier molecular flexibility index (Phi) is 7.00. The van der Waals surface area contributed by atoms with Gasteiger partial charge in [-0.25, -0.2) is 32.5 Å². The number of hydrogen-bond acceptors (Lipinski definition) is 8. The standard InChI is InChI=1S/C20H20ClFN4O6S/c1-9-5-7-13(22)15(10(9)2)11(3)16(18-24-25-20(28)32-18)26-33(29,30)14-8-6-12(21)17(23-14)19(27)31-4/h5-8,11,16,26H,1-4H3,(H,25,28)/t11-,16+/m1/s1. The number of nitrogens with zero attached hydrogens (tertiary/aromatic N) is 2. The Morgan fingerprint density at radius 2 is 1.97 bits per heavy atom. The average Bonchev–Trinajstić information content (AvgIpc) is 3.20. The number of methoxy groups -OCH3 is 1. The topological polar surface area (TPSA) is 144 Å².